The van der Waals surface area contributed by atoms with Gasteiger partial charge in [0.1, 0.15) is 0 Å². The first-order chi connectivity index (χ1) is 6.35. The lowest BCUT2D eigenvalue weighted by molar-refractivity contribution is 0.101. The summed E-state index contributed by atoms with van der Waals surface area (Å²) in [5.74, 6) is 0. The molecule has 0 aromatic rings. The number of hydrogen-bond acceptors (Lipinski definition) is 9. The number of isocyanates is 3. The zero-order valence-electron chi connectivity index (χ0n) is 5.87. The highest BCUT2D eigenvalue weighted by Crippen LogP contribution is 1.92. The monoisotopic (exact) mass is 185 g/mol. The van der Waals surface area contributed by atoms with Crippen molar-refractivity contribution in [1.82, 2.24) is 0 Å². The van der Waals surface area contributed by atoms with Gasteiger partial charge in [0, 0.05) is 0 Å². The zero-order chi connectivity index (χ0) is 9.94. The van der Waals surface area contributed by atoms with E-state index in [9.17, 15) is 14.4 Å². The van der Waals surface area contributed by atoms with E-state index in [1.807, 2.05) is 0 Å². The Morgan fingerprint density at radius 1 is 0.769 bits per heavy atom. The van der Waals surface area contributed by atoms with Gasteiger partial charge in [-0.25, -0.2) is 14.4 Å². The van der Waals surface area contributed by atoms with Crippen LogP contribution in [0.1, 0.15) is 0 Å². The third-order valence-electron chi connectivity index (χ3n) is 0.528. The summed E-state index contributed by atoms with van der Waals surface area (Å²) in [7, 11) is -1.75. The van der Waals surface area contributed by atoms with Crippen LogP contribution in [0.2, 0.25) is 0 Å². The van der Waals surface area contributed by atoms with Crippen molar-refractivity contribution >= 4 is 25.6 Å². The van der Waals surface area contributed by atoms with Gasteiger partial charge in [-0.15, -0.1) is 0 Å². The van der Waals surface area contributed by atoms with Crippen molar-refractivity contribution in [2.75, 3.05) is 0 Å². The maximum Gasteiger partial charge on any atom is 0.931 e. The van der Waals surface area contributed by atoms with Crippen LogP contribution in [0, 0.1) is 0 Å². The molecule has 0 aliphatic carbocycles. The maximum absolute atomic E-state index is 9.51. The number of hydrogen-bond donors (Lipinski definition) is 0. The Labute approximate surface area is 70.8 Å². The molecule has 0 aromatic heterocycles. The van der Waals surface area contributed by atoms with Crippen LogP contribution in [0.25, 0.3) is 0 Å². The maximum atomic E-state index is 9.51. The van der Waals surface area contributed by atoms with Gasteiger partial charge < -0.3 is 14.3 Å². The van der Waals surface area contributed by atoms with E-state index in [0.29, 0.717) is 0 Å². The summed E-state index contributed by atoms with van der Waals surface area (Å²) in [6.45, 7) is 0. The molecule has 0 atom stereocenters. The molecule has 0 heterocycles. The molecule has 0 aliphatic rings. The summed E-state index contributed by atoms with van der Waals surface area (Å²) < 4.78 is 12.0. The Balaban J connectivity index is 4.07. The lowest BCUT2D eigenvalue weighted by atomic mass is 10.3. The molecule has 0 unspecified atom stereocenters. The Morgan fingerprint density at radius 2 is 1.08 bits per heavy atom. The third kappa shape index (κ3) is 6.02. The normalized spacial score (nSPS) is 6.46. The van der Waals surface area contributed by atoms with E-state index in [-0.39, 0.29) is 0 Å². The van der Waals surface area contributed by atoms with E-state index in [2.05, 4.69) is 29.7 Å². The second-order valence-electron chi connectivity index (χ2n) is 1.15. The predicted octanol–water partition coefficient (Wildman–Crippen LogP) is -1.23. The highest BCUT2D eigenvalue weighted by atomic mass is 16.9. The average molecular weight is 185 g/mol. The number of nitrogens with zero attached hydrogens (tertiary/aromatic N) is 3. The fraction of sp³-hybridized carbons (Fsp3) is 0. The van der Waals surface area contributed by atoms with Gasteiger partial charge in [0.15, 0.2) is 0 Å². The Hall–Kier alpha value is -2.40. The molecule has 0 amide bonds. The van der Waals surface area contributed by atoms with Gasteiger partial charge in [-0.2, -0.15) is 0 Å². The fourth-order valence-corrected chi connectivity index (χ4v) is 0.251. The molecule has 0 radical (unpaired) electrons. The number of rotatable bonds is 6. The van der Waals surface area contributed by atoms with Crippen molar-refractivity contribution in [2.45, 2.75) is 0 Å². The third-order valence-corrected chi connectivity index (χ3v) is 0.528. The summed E-state index contributed by atoms with van der Waals surface area (Å²) in [6.07, 6.45) is 2.89. The zero-order valence-corrected chi connectivity index (χ0v) is 5.87. The van der Waals surface area contributed by atoms with Crippen LogP contribution in [0.3, 0.4) is 0 Å². The van der Waals surface area contributed by atoms with Gasteiger partial charge in [-0.1, -0.05) is 0 Å². The van der Waals surface area contributed by atoms with Crippen LogP contribution >= 0.6 is 0 Å². The van der Waals surface area contributed by atoms with Crippen LogP contribution in [0.5, 0.6) is 0 Å². The van der Waals surface area contributed by atoms with Gasteiger partial charge in [-0.05, 0) is 15.5 Å². The van der Waals surface area contributed by atoms with Crippen molar-refractivity contribution in [3.8, 4) is 0 Å². The topological polar surface area (TPSA) is 116 Å². The lowest BCUT2D eigenvalue weighted by Gasteiger charge is -1.98. The summed E-state index contributed by atoms with van der Waals surface area (Å²) in [4.78, 5) is 28.5. The standard InChI is InChI=1S/C3BN3O6/c8-1-5-11-4(12-6-2-9)13-7-3-10. The molecule has 0 aromatic carbocycles. The quantitative estimate of drug-likeness (QED) is 0.221. The molecule has 0 rings (SSSR count). The largest absolute Gasteiger partial charge is 0.931 e. The van der Waals surface area contributed by atoms with Crippen LogP contribution in [-0.4, -0.2) is 25.6 Å². The first kappa shape index (κ1) is 10.6. The van der Waals surface area contributed by atoms with E-state index in [0.717, 1.165) is 18.2 Å². The molecular formula is C3BN3O6. The first-order valence-corrected chi connectivity index (χ1v) is 2.54. The Morgan fingerprint density at radius 3 is 1.31 bits per heavy atom. The SMILES string of the molecule is O=C=NOB(ON=C=O)ON=C=O. The minimum atomic E-state index is -1.75. The number of carbonyl (C=O) groups excluding carboxylic acids is 3. The van der Waals surface area contributed by atoms with Crippen LogP contribution in [0.4, 0.5) is 0 Å². The summed E-state index contributed by atoms with van der Waals surface area (Å²) in [5.41, 5.74) is 0. The van der Waals surface area contributed by atoms with Crippen molar-refractivity contribution in [3.63, 3.8) is 0 Å². The van der Waals surface area contributed by atoms with Gasteiger partial charge in [0.2, 0.25) is 0 Å². The van der Waals surface area contributed by atoms with Crippen LogP contribution < -0.4 is 0 Å². The predicted molar refractivity (Wildman–Crippen MR) is 33.4 cm³/mol. The first-order valence-electron chi connectivity index (χ1n) is 2.54. The Kier molecular flexibility index (Phi) is 6.29. The van der Waals surface area contributed by atoms with E-state index in [1.54, 1.807) is 0 Å². The van der Waals surface area contributed by atoms with Crippen molar-refractivity contribution in [2.24, 2.45) is 15.5 Å². The molecule has 66 valence electrons. The lowest BCUT2D eigenvalue weighted by Crippen LogP contribution is -2.20. The molecule has 0 aliphatic heterocycles. The molecular weight excluding hydrogens is 185 g/mol. The van der Waals surface area contributed by atoms with Crippen LogP contribution in [0.15, 0.2) is 15.5 Å². The van der Waals surface area contributed by atoms with E-state index in [1.165, 1.54) is 0 Å². The molecule has 0 bridgehead atoms. The van der Waals surface area contributed by atoms with Crippen molar-refractivity contribution in [1.29, 1.82) is 0 Å². The van der Waals surface area contributed by atoms with Crippen molar-refractivity contribution < 1.29 is 28.6 Å². The smallest absolute Gasteiger partial charge is 0.369 e. The highest BCUT2D eigenvalue weighted by molar-refractivity contribution is 6.36. The van der Waals surface area contributed by atoms with Gasteiger partial charge in [0.05, 0.1) is 0 Å². The second-order valence-corrected chi connectivity index (χ2v) is 1.15. The van der Waals surface area contributed by atoms with Gasteiger partial charge >= 0.3 is 7.32 Å². The molecule has 0 spiro atoms. The summed E-state index contributed by atoms with van der Waals surface area (Å²) in [6, 6.07) is 0. The van der Waals surface area contributed by atoms with Crippen LogP contribution in [-0.2, 0) is 28.6 Å². The Bertz CT molecular complexity index is 240. The fourth-order valence-electron chi connectivity index (χ4n) is 0.251. The molecule has 0 saturated carbocycles. The summed E-state index contributed by atoms with van der Waals surface area (Å²) in [5, 5.41) is 7.63. The minimum Gasteiger partial charge on any atom is -0.369 e. The summed E-state index contributed by atoms with van der Waals surface area (Å²) >= 11 is 0. The average Bonchev–Trinajstić information content (AvgIpc) is 2.17. The van der Waals surface area contributed by atoms with E-state index < -0.39 is 7.32 Å². The molecule has 9 nitrogen and oxygen atoms in total. The second kappa shape index (κ2) is 7.71. The highest BCUT2D eigenvalue weighted by Gasteiger charge is 2.31. The van der Waals surface area contributed by atoms with E-state index in [4.69, 9.17) is 0 Å². The molecule has 13 heavy (non-hydrogen) atoms. The van der Waals surface area contributed by atoms with Gasteiger partial charge in [0.25, 0.3) is 18.2 Å². The minimum absolute atomic E-state index is 0.963. The molecule has 0 N–H and O–H groups in total. The van der Waals surface area contributed by atoms with Gasteiger partial charge in [-0.3, -0.25) is 0 Å². The van der Waals surface area contributed by atoms with E-state index >= 15 is 0 Å². The molecule has 0 fully saturated rings. The molecule has 10 heteroatoms. The van der Waals surface area contributed by atoms with Crippen molar-refractivity contribution in [3.05, 3.63) is 0 Å². The molecule has 0 saturated heterocycles.